The van der Waals surface area contributed by atoms with E-state index in [4.69, 9.17) is 18.9 Å². The fourth-order valence-electron chi connectivity index (χ4n) is 9.56. The summed E-state index contributed by atoms with van der Waals surface area (Å²) in [5.74, 6) is -2.27. The second-order valence-electron chi connectivity index (χ2n) is 23.7. The highest BCUT2D eigenvalue weighted by atomic mass is 16.7. The molecule has 2 atom stereocenters. The van der Waals surface area contributed by atoms with E-state index in [-0.39, 0.29) is 38.6 Å². The van der Waals surface area contributed by atoms with E-state index in [1.165, 1.54) is 205 Å². The normalized spacial score (nSPS) is 13.2. The molecule has 0 bridgehead atoms. The van der Waals surface area contributed by atoms with Crippen molar-refractivity contribution >= 4 is 17.9 Å². The third-order valence-corrected chi connectivity index (χ3v) is 14.7. The standard InChI is InChI=1S/C71H127NO8/c1-6-8-10-12-14-16-18-20-22-24-26-27-28-29-30-31-32-33-34-35-36-37-38-39-40-41-42-43-44-46-48-50-52-54-56-58-60-62-69(74)80-67(66-79-71(70(75)76)77-64-63-72(3,4)5)65-78-68(73)61-59-57-55-53-51-49-47-45-25-23-21-19-17-15-13-11-9-7-2/h8,10,14,16,20,22-23,25-27,29-30,67,71H,6-7,9,11-13,15,17-19,21,24,28,31-66H2,1-5H3/b10-8-,16-14-,22-20-,25-23-,27-26-,30-29-. The van der Waals surface area contributed by atoms with Gasteiger partial charge in [0.25, 0.3) is 0 Å². The van der Waals surface area contributed by atoms with Crippen molar-refractivity contribution in [2.24, 2.45) is 0 Å². The summed E-state index contributed by atoms with van der Waals surface area (Å²) in [6.07, 6.45) is 78.4. The zero-order chi connectivity index (χ0) is 58.3. The van der Waals surface area contributed by atoms with Crippen LogP contribution in [-0.2, 0) is 33.3 Å². The molecule has 0 radical (unpaired) electrons. The van der Waals surface area contributed by atoms with Crippen molar-refractivity contribution in [3.63, 3.8) is 0 Å². The zero-order valence-corrected chi connectivity index (χ0v) is 52.9. The van der Waals surface area contributed by atoms with Crippen LogP contribution >= 0.6 is 0 Å². The predicted molar refractivity (Wildman–Crippen MR) is 338 cm³/mol. The van der Waals surface area contributed by atoms with Crippen LogP contribution in [0, 0.1) is 0 Å². The van der Waals surface area contributed by atoms with E-state index < -0.39 is 24.3 Å². The van der Waals surface area contributed by atoms with Gasteiger partial charge in [0, 0.05) is 12.8 Å². The molecule has 0 spiro atoms. The van der Waals surface area contributed by atoms with Crippen LogP contribution in [-0.4, -0.2) is 82.3 Å². The molecular weight excluding hydrogens is 995 g/mol. The lowest BCUT2D eigenvalue weighted by Gasteiger charge is -2.26. The number of ether oxygens (including phenoxy) is 4. The summed E-state index contributed by atoms with van der Waals surface area (Å²) >= 11 is 0. The lowest BCUT2D eigenvalue weighted by Crippen LogP contribution is -2.44. The van der Waals surface area contributed by atoms with E-state index in [9.17, 15) is 19.5 Å². The minimum absolute atomic E-state index is 0.147. The maximum Gasteiger partial charge on any atom is 0.306 e. The molecule has 2 unspecified atom stereocenters. The van der Waals surface area contributed by atoms with Crippen molar-refractivity contribution in [1.82, 2.24) is 0 Å². The number of quaternary nitrogens is 1. The largest absolute Gasteiger partial charge is 0.545 e. The van der Waals surface area contributed by atoms with E-state index in [0.717, 1.165) is 64.2 Å². The first-order valence-electron chi connectivity index (χ1n) is 33.6. The van der Waals surface area contributed by atoms with E-state index in [1.54, 1.807) is 0 Å². The number of likely N-dealkylation sites (N-methyl/N-ethyl adjacent to an activating group) is 1. The summed E-state index contributed by atoms with van der Waals surface area (Å²) in [7, 11) is 5.93. The minimum Gasteiger partial charge on any atom is -0.545 e. The molecule has 0 amide bonds. The molecule has 464 valence electrons. The van der Waals surface area contributed by atoms with Gasteiger partial charge in [-0.25, -0.2) is 0 Å². The van der Waals surface area contributed by atoms with Crippen molar-refractivity contribution < 1.29 is 42.9 Å². The van der Waals surface area contributed by atoms with Crippen LogP contribution in [0.3, 0.4) is 0 Å². The summed E-state index contributed by atoms with van der Waals surface area (Å²) in [6.45, 7) is 4.66. The van der Waals surface area contributed by atoms with Gasteiger partial charge in [-0.15, -0.1) is 0 Å². The van der Waals surface area contributed by atoms with Gasteiger partial charge in [-0.1, -0.05) is 279 Å². The van der Waals surface area contributed by atoms with Crippen molar-refractivity contribution in [2.45, 2.75) is 315 Å². The van der Waals surface area contributed by atoms with Gasteiger partial charge in [0.1, 0.15) is 13.2 Å². The molecule has 0 aromatic heterocycles. The quantitative estimate of drug-likeness (QED) is 0.0195. The Morgan fingerprint density at radius 1 is 0.388 bits per heavy atom. The highest BCUT2D eigenvalue weighted by molar-refractivity contribution is 5.70. The fraction of sp³-hybridized carbons (Fsp3) is 0.789. The number of aliphatic carboxylic acids is 1. The van der Waals surface area contributed by atoms with Gasteiger partial charge < -0.3 is 33.3 Å². The molecule has 0 aliphatic carbocycles. The first kappa shape index (κ1) is 76.7. The van der Waals surface area contributed by atoms with Crippen molar-refractivity contribution in [1.29, 1.82) is 0 Å². The Morgan fingerprint density at radius 2 is 0.713 bits per heavy atom. The van der Waals surface area contributed by atoms with Gasteiger partial charge in [-0.2, -0.15) is 0 Å². The third-order valence-electron chi connectivity index (χ3n) is 14.7. The van der Waals surface area contributed by atoms with Crippen molar-refractivity contribution in [2.75, 3.05) is 47.5 Å². The minimum atomic E-state index is -1.62. The molecule has 0 saturated heterocycles. The molecule has 0 heterocycles. The predicted octanol–water partition coefficient (Wildman–Crippen LogP) is 19.2. The Kier molecular flexibility index (Phi) is 59.3. The number of nitrogens with zero attached hydrogens (tertiary/aromatic N) is 1. The molecule has 0 N–H and O–H groups in total. The van der Waals surface area contributed by atoms with Crippen LogP contribution in [0.15, 0.2) is 72.9 Å². The Bertz CT molecular complexity index is 1540. The molecule has 9 nitrogen and oxygen atoms in total. The maximum absolute atomic E-state index is 12.9. The monoisotopic (exact) mass is 1120 g/mol. The maximum atomic E-state index is 12.9. The SMILES string of the molecule is CC/C=C\C/C=C\C/C=C\C/C=C\C/C=C\CCCCCCCCCCCCCCCCCCCCCCCC(=O)OC(COC(=O)CCCCCCCCC/C=C\CCCCCCCCC)COC(OCC[N+](C)(C)C)C(=O)[O-]. The van der Waals surface area contributed by atoms with Crippen molar-refractivity contribution in [3.8, 4) is 0 Å². The Balaban J connectivity index is 4.03. The Hall–Kier alpha value is -3.27. The molecule has 0 aliphatic rings. The topological polar surface area (TPSA) is 111 Å². The van der Waals surface area contributed by atoms with Gasteiger partial charge in [-0.3, -0.25) is 9.59 Å². The first-order valence-corrected chi connectivity index (χ1v) is 33.6. The van der Waals surface area contributed by atoms with Gasteiger partial charge in [-0.05, 0) is 83.5 Å². The molecule has 0 aliphatic heterocycles. The summed E-state index contributed by atoms with van der Waals surface area (Å²) in [6, 6.07) is 0. The highest BCUT2D eigenvalue weighted by Crippen LogP contribution is 2.17. The van der Waals surface area contributed by atoms with E-state index in [1.807, 2.05) is 21.1 Å². The molecule has 80 heavy (non-hydrogen) atoms. The van der Waals surface area contributed by atoms with Crippen LogP contribution in [0.2, 0.25) is 0 Å². The zero-order valence-electron chi connectivity index (χ0n) is 52.9. The fourth-order valence-corrected chi connectivity index (χ4v) is 9.56. The van der Waals surface area contributed by atoms with Crippen LogP contribution in [0.25, 0.3) is 0 Å². The molecular formula is C71H127NO8. The molecule has 0 aromatic carbocycles. The van der Waals surface area contributed by atoms with Crippen LogP contribution < -0.4 is 5.11 Å². The van der Waals surface area contributed by atoms with Crippen LogP contribution in [0.1, 0.15) is 303 Å². The number of allylic oxidation sites excluding steroid dienone is 12. The van der Waals surface area contributed by atoms with Gasteiger partial charge in [0.05, 0.1) is 40.3 Å². The lowest BCUT2D eigenvalue weighted by molar-refractivity contribution is -0.870. The van der Waals surface area contributed by atoms with Gasteiger partial charge in [0.2, 0.25) is 0 Å². The number of hydrogen-bond acceptors (Lipinski definition) is 8. The average Bonchev–Trinajstić information content (AvgIpc) is 3.43. The Labute approximate surface area is 494 Å². The molecule has 9 heteroatoms. The molecule has 0 rings (SSSR count). The number of carboxylic acid groups (broad SMARTS) is 1. The van der Waals surface area contributed by atoms with Gasteiger partial charge >= 0.3 is 11.9 Å². The van der Waals surface area contributed by atoms with Gasteiger partial charge in [0.15, 0.2) is 12.4 Å². The molecule has 0 aromatic rings. The summed E-state index contributed by atoms with van der Waals surface area (Å²) < 4.78 is 22.8. The van der Waals surface area contributed by atoms with Crippen molar-refractivity contribution in [3.05, 3.63) is 72.9 Å². The molecule has 0 fully saturated rings. The number of esters is 2. The lowest BCUT2D eigenvalue weighted by atomic mass is 10.0. The summed E-state index contributed by atoms with van der Waals surface area (Å²) in [5.41, 5.74) is 0. The number of rotatable bonds is 62. The van der Waals surface area contributed by atoms with E-state index in [2.05, 4.69) is 86.8 Å². The van der Waals surface area contributed by atoms with E-state index in [0.29, 0.717) is 17.4 Å². The highest BCUT2D eigenvalue weighted by Gasteiger charge is 2.22. The second-order valence-corrected chi connectivity index (χ2v) is 23.7. The number of carboxylic acids is 1. The second kappa shape index (κ2) is 61.8. The van der Waals surface area contributed by atoms with Crippen LogP contribution in [0.5, 0.6) is 0 Å². The van der Waals surface area contributed by atoms with Crippen LogP contribution in [0.4, 0.5) is 0 Å². The average molecular weight is 1120 g/mol. The molecule has 0 saturated carbocycles. The summed E-state index contributed by atoms with van der Waals surface area (Å²) in [5, 5.41) is 11.8. The number of carbonyl (C=O) groups excluding carboxylic acids is 3. The first-order chi connectivity index (χ1) is 39.1. The van der Waals surface area contributed by atoms with E-state index >= 15 is 0 Å². The number of hydrogen-bond donors (Lipinski definition) is 0. The number of unbranched alkanes of at least 4 members (excludes halogenated alkanes) is 35. The third kappa shape index (κ3) is 62.3. The smallest absolute Gasteiger partial charge is 0.306 e. The number of carbonyl (C=O) groups is 3. The summed E-state index contributed by atoms with van der Waals surface area (Å²) in [4.78, 5) is 37.4. The Morgan fingerprint density at radius 3 is 1.07 bits per heavy atom.